The summed E-state index contributed by atoms with van der Waals surface area (Å²) >= 11 is 5.37. The number of nitrogens with zero attached hydrogens (tertiary/aromatic N) is 2. The van der Waals surface area contributed by atoms with Crippen molar-refractivity contribution in [2.45, 2.75) is 25.4 Å². The van der Waals surface area contributed by atoms with Gasteiger partial charge in [0, 0.05) is 26.6 Å². The van der Waals surface area contributed by atoms with Crippen LogP contribution in [0.15, 0.2) is 24.3 Å². The van der Waals surface area contributed by atoms with Gasteiger partial charge in [-0.05, 0) is 23.3 Å². The highest BCUT2D eigenvalue weighted by Gasteiger charge is 2.33. The van der Waals surface area contributed by atoms with Crippen molar-refractivity contribution in [2.75, 3.05) is 13.6 Å². The van der Waals surface area contributed by atoms with Crippen LogP contribution in [-0.2, 0) is 22.6 Å². The summed E-state index contributed by atoms with van der Waals surface area (Å²) in [6.07, 6.45) is 0.344. The molecule has 1 aliphatic rings. The summed E-state index contributed by atoms with van der Waals surface area (Å²) in [7, 11) is 1.69. The largest absolute Gasteiger partial charge is 0.481 e. The Hall–Kier alpha value is -2.15. The molecule has 1 atom stereocenters. The van der Waals surface area contributed by atoms with Crippen LogP contribution in [0.4, 0.5) is 0 Å². The number of carboxylic acids is 2. The molecule has 2 N–H and O–H groups in total. The van der Waals surface area contributed by atoms with Crippen LogP contribution >= 0.6 is 12.2 Å². The summed E-state index contributed by atoms with van der Waals surface area (Å²) in [5.41, 5.74) is 2.07. The highest BCUT2D eigenvalue weighted by Crippen LogP contribution is 2.24. The topological polar surface area (TPSA) is 81.1 Å². The van der Waals surface area contributed by atoms with Gasteiger partial charge in [0.1, 0.15) is 6.04 Å². The Morgan fingerprint density at radius 2 is 1.95 bits per heavy atom. The highest BCUT2D eigenvalue weighted by molar-refractivity contribution is 7.80. The quantitative estimate of drug-likeness (QED) is 0.806. The van der Waals surface area contributed by atoms with Crippen LogP contribution in [0.25, 0.3) is 0 Å². The number of carbonyl (C=O) groups is 2. The molecule has 1 aliphatic heterocycles. The molecule has 0 bridgehead atoms. The summed E-state index contributed by atoms with van der Waals surface area (Å²) in [6, 6.07) is 6.97. The number of aliphatic carboxylic acids is 2. The fourth-order valence-corrected chi connectivity index (χ4v) is 2.81. The second-order valence-electron chi connectivity index (χ2n) is 5.30. The van der Waals surface area contributed by atoms with E-state index in [1.807, 2.05) is 24.3 Å². The Labute approximate surface area is 134 Å². The van der Waals surface area contributed by atoms with Crippen LogP contribution < -0.4 is 0 Å². The maximum Gasteiger partial charge on any atom is 0.326 e. The third kappa shape index (κ3) is 3.54. The minimum absolute atomic E-state index is 0.0429. The molecule has 7 heteroatoms. The molecule has 0 spiro atoms. The lowest BCUT2D eigenvalue weighted by Crippen LogP contribution is -2.52. The number of fused-ring (bicyclic) bond motifs is 1. The van der Waals surface area contributed by atoms with E-state index in [-0.39, 0.29) is 13.0 Å². The van der Waals surface area contributed by atoms with E-state index >= 15 is 0 Å². The van der Waals surface area contributed by atoms with Crippen LogP contribution in [0.2, 0.25) is 0 Å². The molecule has 6 nitrogen and oxygen atoms in total. The average molecular weight is 322 g/mol. The summed E-state index contributed by atoms with van der Waals surface area (Å²) in [5.74, 6) is -1.84. The lowest BCUT2D eigenvalue weighted by Gasteiger charge is -2.39. The van der Waals surface area contributed by atoms with Crippen LogP contribution in [-0.4, -0.2) is 56.7 Å². The van der Waals surface area contributed by atoms with Crippen LogP contribution in [0.3, 0.4) is 0 Å². The molecule has 118 valence electrons. The van der Waals surface area contributed by atoms with Crippen molar-refractivity contribution >= 4 is 29.3 Å². The first kappa shape index (κ1) is 16.2. The molecular formula is C15H18N2O4S. The predicted octanol–water partition coefficient (Wildman–Crippen LogP) is 1.19. The van der Waals surface area contributed by atoms with Gasteiger partial charge in [-0.25, -0.2) is 4.79 Å². The molecule has 22 heavy (non-hydrogen) atoms. The molecule has 0 saturated carbocycles. The van der Waals surface area contributed by atoms with E-state index in [2.05, 4.69) is 0 Å². The average Bonchev–Trinajstić information content (AvgIpc) is 2.50. The number of hydrogen-bond donors (Lipinski definition) is 2. The zero-order valence-electron chi connectivity index (χ0n) is 12.2. The van der Waals surface area contributed by atoms with Gasteiger partial charge in [-0.2, -0.15) is 0 Å². The van der Waals surface area contributed by atoms with Gasteiger partial charge < -0.3 is 20.0 Å². The zero-order chi connectivity index (χ0) is 16.3. The SMILES string of the molecule is CN(CCC(=O)O)C(=S)N1Cc2ccccc2C[C@H]1C(=O)O. The summed E-state index contributed by atoms with van der Waals surface area (Å²) < 4.78 is 0. The van der Waals surface area contributed by atoms with Crippen LogP contribution in [0.5, 0.6) is 0 Å². The smallest absolute Gasteiger partial charge is 0.326 e. The summed E-state index contributed by atoms with van der Waals surface area (Å²) in [6.45, 7) is 0.669. The van der Waals surface area contributed by atoms with Gasteiger partial charge in [-0.15, -0.1) is 0 Å². The minimum Gasteiger partial charge on any atom is -0.481 e. The number of benzene rings is 1. The van der Waals surface area contributed by atoms with E-state index in [4.69, 9.17) is 17.3 Å². The fourth-order valence-electron chi connectivity index (χ4n) is 2.52. The monoisotopic (exact) mass is 322 g/mol. The summed E-state index contributed by atoms with van der Waals surface area (Å²) in [5, 5.41) is 18.6. The van der Waals surface area contributed by atoms with Gasteiger partial charge in [0.2, 0.25) is 0 Å². The van der Waals surface area contributed by atoms with E-state index in [1.54, 1.807) is 16.8 Å². The van der Waals surface area contributed by atoms with E-state index < -0.39 is 18.0 Å². The highest BCUT2D eigenvalue weighted by atomic mass is 32.1. The molecule has 2 rings (SSSR count). The van der Waals surface area contributed by atoms with E-state index in [0.29, 0.717) is 18.1 Å². The Balaban J connectivity index is 2.18. The molecule has 1 aromatic carbocycles. The second kappa shape index (κ2) is 6.74. The zero-order valence-corrected chi connectivity index (χ0v) is 13.0. The third-order valence-electron chi connectivity index (χ3n) is 3.77. The van der Waals surface area contributed by atoms with E-state index in [9.17, 15) is 14.7 Å². The van der Waals surface area contributed by atoms with Gasteiger partial charge in [-0.3, -0.25) is 4.79 Å². The van der Waals surface area contributed by atoms with Crippen molar-refractivity contribution in [1.82, 2.24) is 9.80 Å². The van der Waals surface area contributed by atoms with Gasteiger partial charge in [0.05, 0.1) is 6.42 Å². The van der Waals surface area contributed by atoms with E-state index in [0.717, 1.165) is 11.1 Å². The molecule has 0 unspecified atom stereocenters. The van der Waals surface area contributed by atoms with Crippen molar-refractivity contribution < 1.29 is 19.8 Å². The first-order chi connectivity index (χ1) is 10.4. The molecule has 1 aromatic rings. The first-order valence-electron chi connectivity index (χ1n) is 6.93. The maximum absolute atomic E-state index is 11.6. The lowest BCUT2D eigenvalue weighted by atomic mass is 9.94. The minimum atomic E-state index is -0.927. The molecule has 0 radical (unpaired) electrons. The third-order valence-corrected chi connectivity index (χ3v) is 4.31. The summed E-state index contributed by atoms with van der Waals surface area (Å²) in [4.78, 5) is 25.5. The number of thiocarbonyl (C=S) groups is 1. The van der Waals surface area contributed by atoms with Crippen LogP contribution in [0, 0.1) is 0 Å². The molecule has 0 amide bonds. The first-order valence-corrected chi connectivity index (χ1v) is 7.34. The van der Waals surface area contributed by atoms with Crippen molar-refractivity contribution in [3.63, 3.8) is 0 Å². The van der Waals surface area contributed by atoms with Gasteiger partial charge in [0.25, 0.3) is 0 Å². The van der Waals surface area contributed by atoms with Crippen molar-refractivity contribution in [1.29, 1.82) is 0 Å². The number of hydrogen-bond acceptors (Lipinski definition) is 3. The Bertz CT molecular complexity index is 605. The molecule has 0 aromatic heterocycles. The second-order valence-corrected chi connectivity index (χ2v) is 5.67. The van der Waals surface area contributed by atoms with Crippen molar-refractivity contribution in [3.8, 4) is 0 Å². The Morgan fingerprint density at radius 3 is 2.55 bits per heavy atom. The van der Waals surface area contributed by atoms with Crippen molar-refractivity contribution in [3.05, 3.63) is 35.4 Å². The molecular weight excluding hydrogens is 304 g/mol. The van der Waals surface area contributed by atoms with Gasteiger partial charge >= 0.3 is 11.9 Å². The maximum atomic E-state index is 11.6. The molecule has 1 heterocycles. The van der Waals surface area contributed by atoms with Gasteiger partial charge in [0.15, 0.2) is 5.11 Å². The normalized spacial score (nSPS) is 16.8. The van der Waals surface area contributed by atoms with Gasteiger partial charge in [-0.1, -0.05) is 24.3 Å². The molecule has 0 saturated heterocycles. The standard InChI is InChI=1S/C15H18N2O4S/c1-16(7-6-13(18)19)15(22)17-9-11-5-3-2-4-10(11)8-12(17)14(20)21/h2-5,12H,6-9H2,1H3,(H,18,19)(H,20,21)/t12-/m0/s1. The molecule has 0 aliphatic carbocycles. The Kier molecular flexibility index (Phi) is 4.97. The van der Waals surface area contributed by atoms with Crippen LogP contribution in [0.1, 0.15) is 17.5 Å². The molecule has 0 fully saturated rings. The number of rotatable bonds is 4. The predicted molar refractivity (Wildman–Crippen MR) is 84.6 cm³/mol. The van der Waals surface area contributed by atoms with Crippen molar-refractivity contribution in [2.24, 2.45) is 0 Å². The van der Waals surface area contributed by atoms with E-state index in [1.165, 1.54) is 0 Å². The lowest BCUT2D eigenvalue weighted by molar-refractivity contribution is -0.142. The number of carboxylic acid groups (broad SMARTS) is 2. The Morgan fingerprint density at radius 1 is 1.32 bits per heavy atom. The fraction of sp³-hybridized carbons (Fsp3) is 0.400.